The van der Waals surface area contributed by atoms with Gasteiger partial charge in [0.05, 0.1) is 22.7 Å². The van der Waals surface area contributed by atoms with Gasteiger partial charge in [-0.1, -0.05) is 13.8 Å². The van der Waals surface area contributed by atoms with Gasteiger partial charge >= 0.3 is 0 Å². The van der Waals surface area contributed by atoms with Crippen molar-refractivity contribution in [2.75, 3.05) is 58.9 Å². The first-order chi connectivity index (χ1) is 15.1. The average molecular weight is 444 g/mol. The lowest BCUT2D eigenvalue weighted by molar-refractivity contribution is 0.0541. The number of methoxy groups -OCH3 is 2. The Bertz CT molecular complexity index is 1010. The highest BCUT2D eigenvalue weighted by molar-refractivity contribution is 7.16. The van der Waals surface area contributed by atoms with E-state index in [1.54, 1.807) is 25.6 Å². The van der Waals surface area contributed by atoms with Crippen LogP contribution in [-0.2, 0) is 9.47 Å². The Balaban J connectivity index is 1.75. The summed E-state index contributed by atoms with van der Waals surface area (Å²) in [6.07, 6.45) is 4.93. The number of pyridine rings is 1. The molecule has 0 bridgehead atoms. The highest BCUT2D eigenvalue weighted by Crippen LogP contribution is 2.35. The van der Waals surface area contributed by atoms with E-state index in [9.17, 15) is 0 Å². The van der Waals surface area contributed by atoms with Crippen LogP contribution in [0.3, 0.4) is 0 Å². The molecule has 2 aromatic heterocycles. The Kier molecular flexibility index (Phi) is 7.22. The Morgan fingerprint density at radius 3 is 2.84 bits per heavy atom. The summed E-state index contributed by atoms with van der Waals surface area (Å²) in [5.74, 6) is 0.392. The van der Waals surface area contributed by atoms with Gasteiger partial charge in [0, 0.05) is 76.6 Å². The van der Waals surface area contributed by atoms with Crippen LogP contribution in [0.25, 0.3) is 11.9 Å². The Morgan fingerprint density at radius 1 is 1.23 bits per heavy atom. The number of ether oxygens (including phenoxy) is 2. The van der Waals surface area contributed by atoms with Gasteiger partial charge in [0.25, 0.3) is 0 Å². The summed E-state index contributed by atoms with van der Waals surface area (Å²) in [6.45, 7) is 9.68. The third-order valence-corrected chi connectivity index (χ3v) is 7.23. The van der Waals surface area contributed by atoms with Crippen molar-refractivity contribution < 1.29 is 9.47 Å². The second-order valence-electron chi connectivity index (χ2n) is 8.37. The van der Waals surface area contributed by atoms with E-state index in [0.29, 0.717) is 12.0 Å². The Morgan fingerprint density at radius 2 is 2.06 bits per heavy atom. The van der Waals surface area contributed by atoms with E-state index >= 15 is 0 Å². The highest BCUT2D eigenvalue weighted by atomic mass is 32.1. The number of thiazole rings is 1. The molecule has 1 saturated heterocycles. The topological polar surface area (TPSA) is 62.8 Å². The van der Waals surface area contributed by atoms with Crippen LogP contribution in [0.1, 0.15) is 36.9 Å². The van der Waals surface area contributed by atoms with E-state index in [0.717, 1.165) is 77.8 Å². The van der Waals surface area contributed by atoms with E-state index in [-0.39, 0.29) is 0 Å². The van der Waals surface area contributed by atoms with Gasteiger partial charge in [-0.05, 0) is 18.6 Å². The predicted molar refractivity (Wildman–Crippen MR) is 126 cm³/mol. The number of nitrogens with one attached hydrogen (secondary N) is 1. The van der Waals surface area contributed by atoms with E-state index in [4.69, 9.17) is 19.4 Å². The summed E-state index contributed by atoms with van der Waals surface area (Å²) >= 11 is 1.75. The van der Waals surface area contributed by atoms with Crippen molar-refractivity contribution in [3.8, 4) is 0 Å². The molecular weight excluding hydrogens is 410 g/mol. The first-order valence-electron chi connectivity index (χ1n) is 11.0. The maximum atomic E-state index is 5.42. The molecule has 0 aromatic carbocycles. The lowest BCUT2D eigenvalue weighted by Crippen LogP contribution is -2.54. The molecule has 1 unspecified atom stereocenters. The van der Waals surface area contributed by atoms with Crippen molar-refractivity contribution in [2.45, 2.75) is 32.2 Å². The van der Waals surface area contributed by atoms with Gasteiger partial charge in [-0.25, -0.2) is 4.98 Å². The zero-order chi connectivity index (χ0) is 21.8. The standard InChI is InChI=1S/C23H33N5O2S/c1-16(2)22-26-20-21(19-17(6-5-8-24-19)14-25-23(20)31-22)28-10-9-27(11-13-30-4)18(15-28)7-12-29-3/h5-6,8,14,16,18,25H,7,9-13,15H2,1-4H3. The Hall–Kier alpha value is -2.00. The van der Waals surface area contributed by atoms with Crippen molar-refractivity contribution >= 4 is 28.2 Å². The van der Waals surface area contributed by atoms with E-state index in [1.807, 2.05) is 12.3 Å². The van der Waals surface area contributed by atoms with Crippen LogP contribution in [0, 0.1) is 0 Å². The molecule has 0 spiro atoms. The molecule has 1 N–H and O–H groups in total. The first kappa shape index (κ1) is 22.2. The molecule has 0 radical (unpaired) electrons. The number of nitrogens with zero attached hydrogens (tertiary/aromatic N) is 4. The lowest BCUT2D eigenvalue weighted by atomic mass is 10.1. The number of aromatic nitrogens is 2. The monoisotopic (exact) mass is 443 g/mol. The second kappa shape index (κ2) is 10.1. The zero-order valence-corrected chi connectivity index (χ0v) is 19.7. The minimum atomic E-state index is 0.392. The maximum absolute atomic E-state index is 5.42. The van der Waals surface area contributed by atoms with Crippen LogP contribution in [-0.4, -0.2) is 79.4 Å². The number of hydrogen-bond acceptors (Lipinski definition) is 8. The van der Waals surface area contributed by atoms with Crippen LogP contribution >= 0.6 is 11.3 Å². The van der Waals surface area contributed by atoms with Crippen LogP contribution in [0.5, 0.6) is 0 Å². The van der Waals surface area contributed by atoms with Gasteiger partial charge in [-0.2, -0.15) is 0 Å². The van der Waals surface area contributed by atoms with Crippen molar-refractivity contribution in [2.24, 2.45) is 0 Å². The zero-order valence-electron chi connectivity index (χ0n) is 18.9. The minimum Gasteiger partial charge on any atom is -0.385 e. The van der Waals surface area contributed by atoms with Crippen LogP contribution < -0.4 is 15.9 Å². The fourth-order valence-corrected chi connectivity index (χ4v) is 5.19. The van der Waals surface area contributed by atoms with Gasteiger partial charge in [-0.15, -0.1) is 11.3 Å². The largest absolute Gasteiger partial charge is 0.385 e. The van der Waals surface area contributed by atoms with Gasteiger partial charge in [0.2, 0.25) is 0 Å². The number of anilines is 1. The molecular formula is C23H33N5O2S. The summed E-state index contributed by atoms with van der Waals surface area (Å²) in [6, 6.07) is 4.51. The molecule has 168 valence electrons. The molecule has 2 aliphatic rings. The molecule has 7 nitrogen and oxygen atoms in total. The Labute approximate surface area is 188 Å². The summed E-state index contributed by atoms with van der Waals surface area (Å²) in [4.78, 5) is 14.9. The smallest absolute Gasteiger partial charge is 0.124 e. The van der Waals surface area contributed by atoms with Crippen LogP contribution in [0.4, 0.5) is 5.00 Å². The molecule has 0 aliphatic carbocycles. The third kappa shape index (κ3) is 4.77. The van der Waals surface area contributed by atoms with E-state index in [1.165, 1.54) is 0 Å². The quantitative estimate of drug-likeness (QED) is 0.666. The summed E-state index contributed by atoms with van der Waals surface area (Å²) in [5, 5.41) is 7.86. The molecule has 0 amide bonds. The number of rotatable bonds is 8. The first-order valence-corrected chi connectivity index (χ1v) is 11.8. The molecule has 31 heavy (non-hydrogen) atoms. The fourth-order valence-electron chi connectivity index (χ4n) is 4.26. The molecule has 2 aliphatic heterocycles. The van der Waals surface area contributed by atoms with Crippen molar-refractivity contribution in [1.29, 1.82) is 0 Å². The lowest BCUT2D eigenvalue weighted by Gasteiger charge is -2.43. The molecule has 4 rings (SSSR count). The van der Waals surface area contributed by atoms with Gasteiger partial charge < -0.3 is 19.7 Å². The molecule has 0 saturated carbocycles. The minimum absolute atomic E-state index is 0.392. The van der Waals surface area contributed by atoms with Gasteiger partial charge in [0.1, 0.15) is 10.7 Å². The predicted octanol–water partition coefficient (Wildman–Crippen LogP) is 1.65. The van der Waals surface area contributed by atoms with E-state index < -0.39 is 0 Å². The molecule has 8 heteroatoms. The molecule has 1 fully saturated rings. The van der Waals surface area contributed by atoms with Gasteiger partial charge in [0.15, 0.2) is 0 Å². The number of piperazine rings is 1. The van der Waals surface area contributed by atoms with Crippen LogP contribution in [0.2, 0.25) is 0 Å². The van der Waals surface area contributed by atoms with Crippen molar-refractivity contribution in [1.82, 2.24) is 19.8 Å². The fraction of sp³-hybridized carbons (Fsp3) is 0.565. The summed E-state index contributed by atoms with van der Waals surface area (Å²) in [7, 11) is 3.54. The highest BCUT2D eigenvalue weighted by Gasteiger charge is 2.31. The summed E-state index contributed by atoms with van der Waals surface area (Å²) in [5.41, 5.74) is 2.17. The SMILES string of the molecule is COCCC1CN(C2=c3ncccc3=CNc3sc(C(C)C)nc32)CCN1CCOC. The van der Waals surface area contributed by atoms with E-state index in [2.05, 4.69) is 41.2 Å². The van der Waals surface area contributed by atoms with Crippen molar-refractivity contribution in [3.05, 3.63) is 39.6 Å². The third-order valence-electron chi connectivity index (χ3n) is 5.94. The van der Waals surface area contributed by atoms with Crippen LogP contribution in [0.15, 0.2) is 18.3 Å². The van der Waals surface area contributed by atoms with Crippen molar-refractivity contribution in [3.63, 3.8) is 0 Å². The molecule has 4 heterocycles. The molecule has 1 atom stereocenters. The van der Waals surface area contributed by atoms with Gasteiger partial charge in [-0.3, -0.25) is 9.88 Å². The number of fused-ring (bicyclic) bond motifs is 2. The molecule has 2 aromatic rings. The normalized spacial score (nSPS) is 18.9. The average Bonchev–Trinajstić information content (AvgIpc) is 3.14. The summed E-state index contributed by atoms with van der Waals surface area (Å²) < 4.78 is 10.8. The second-order valence-corrected chi connectivity index (χ2v) is 9.40. The maximum Gasteiger partial charge on any atom is 0.124 e. The number of hydrogen-bond donors (Lipinski definition) is 1.